The van der Waals surface area contributed by atoms with Crippen LogP contribution in [-0.4, -0.2) is 21.8 Å². The van der Waals surface area contributed by atoms with E-state index in [1.807, 2.05) is 18.6 Å². The highest BCUT2D eigenvalue weighted by Crippen LogP contribution is 2.25. The van der Waals surface area contributed by atoms with Gasteiger partial charge in [-0.1, -0.05) is 20.8 Å². The van der Waals surface area contributed by atoms with E-state index in [0.717, 1.165) is 12.4 Å². The minimum Gasteiger partial charge on any atom is -0.328 e. The molecule has 0 fully saturated rings. The molecular weight excluding hydrogens is 162 g/mol. The van der Waals surface area contributed by atoms with E-state index in [1.165, 1.54) is 0 Å². The van der Waals surface area contributed by atoms with E-state index >= 15 is 0 Å². The van der Waals surface area contributed by atoms with Crippen molar-refractivity contribution in [3.05, 3.63) is 18.2 Å². The third-order valence-corrected chi connectivity index (χ3v) is 2.49. The Morgan fingerprint density at radius 1 is 1.46 bits per heavy atom. The van der Waals surface area contributed by atoms with Gasteiger partial charge in [0.15, 0.2) is 5.82 Å². The highest BCUT2D eigenvalue weighted by Gasteiger charge is 2.26. The van der Waals surface area contributed by atoms with Gasteiger partial charge in [0.1, 0.15) is 0 Å². The number of aromatic nitrogens is 2. The molecule has 3 heteroatoms. The lowest BCUT2D eigenvalue weighted by atomic mass is 9.86. The number of aliphatic imine (C=N–C) groups is 1. The summed E-state index contributed by atoms with van der Waals surface area (Å²) in [5, 5.41) is 0. The molecule has 0 saturated carbocycles. The molecule has 0 aromatic carbocycles. The third-order valence-electron chi connectivity index (χ3n) is 2.49. The third kappa shape index (κ3) is 1.50. The summed E-state index contributed by atoms with van der Waals surface area (Å²) in [7, 11) is 0. The molecule has 2 heterocycles. The van der Waals surface area contributed by atoms with Gasteiger partial charge in [-0.05, 0) is 5.41 Å². The molecule has 0 amide bonds. The Kier molecular flexibility index (Phi) is 1.75. The molecule has 0 aliphatic carbocycles. The highest BCUT2D eigenvalue weighted by atomic mass is 15.1. The van der Waals surface area contributed by atoms with Crippen LogP contribution in [0.1, 0.15) is 26.6 Å². The van der Waals surface area contributed by atoms with Crippen LogP contribution >= 0.6 is 0 Å². The summed E-state index contributed by atoms with van der Waals surface area (Å²) in [6.07, 6.45) is 5.71. The van der Waals surface area contributed by atoms with E-state index < -0.39 is 0 Å². The van der Waals surface area contributed by atoms with Crippen molar-refractivity contribution in [1.82, 2.24) is 9.55 Å². The van der Waals surface area contributed by atoms with Crippen molar-refractivity contribution in [3.63, 3.8) is 0 Å². The van der Waals surface area contributed by atoms with Crippen molar-refractivity contribution in [2.24, 2.45) is 10.4 Å². The molecule has 1 aromatic heterocycles. The number of hydrogen-bond donors (Lipinski definition) is 0. The predicted molar refractivity (Wildman–Crippen MR) is 53.1 cm³/mol. The summed E-state index contributed by atoms with van der Waals surface area (Å²) >= 11 is 0. The summed E-state index contributed by atoms with van der Waals surface area (Å²) in [5.41, 5.74) is 0.235. The van der Waals surface area contributed by atoms with Crippen LogP contribution in [0.2, 0.25) is 0 Å². The lowest BCUT2D eigenvalue weighted by Crippen LogP contribution is -2.32. The van der Waals surface area contributed by atoms with Gasteiger partial charge in [-0.15, -0.1) is 0 Å². The minimum absolute atomic E-state index is 0.235. The molecule has 1 aliphatic rings. The molecule has 0 spiro atoms. The molecule has 0 N–H and O–H groups in total. The summed E-state index contributed by atoms with van der Waals surface area (Å²) < 4.78 is 2.16. The molecule has 1 aliphatic heterocycles. The van der Waals surface area contributed by atoms with Gasteiger partial charge in [0.2, 0.25) is 0 Å². The Morgan fingerprint density at radius 2 is 2.23 bits per heavy atom. The fourth-order valence-corrected chi connectivity index (χ4v) is 1.49. The maximum atomic E-state index is 4.51. The van der Waals surface area contributed by atoms with Crippen molar-refractivity contribution in [1.29, 1.82) is 0 Å². The Labute approximate surface area is 78.5 Å². The summed E-state index contributed by atoms with van der Waals surface area (Å²) in [6, 6.07) is 0.370. The second-order valence-corrected chi connectivity index (χ2v) is 4.60. The van der Waals surface area contributed by atoms with E-state index in [0.29, 0.717) is 6.04 Å². The second-order valence-electron chi connectivity index (χ2n) is 4.60. The standard InChI is InChI=1S/C10H15N3/c1-10(2,3)8-7-13-5-4-11-9(13)6-12-8/h4-6,8H,7H2,1-3H3. The number of hydrogen-bond acceptors (Lipinski definition) is 2. The smallest absolute Gasteiger partial charge is 0.150 e. The average molecular weight is 177 g/mol. The Hall–Kier alpha value is -1.12. The summed E-state index contributed by atoms with van der Waals surface area (Å²) in [6.45, 7) is 7.61. The van der Waals surface area contributed by atoms with E-state index in [-0.39, 0.29) is 5.41 Å². The molecule has 2 rings (SSSR count). The van der Waals surface area contributed by atoms with Gasteiger partial charge in [0, 0.05) is 18.9 Å². The molecule has 3 nitrogen and oxygen atoms in total. The fourth-order valence-electron chi connectivity index (χ4n) is 1.49. The summed E-state index contributed by atoms with van der Waals surface area (Å²) in [5.74, 6) is 0.973. The quantitative estimate of drug-likeness (QED) is 0.593. The lowest BCUT2D eigenvalue weighted by Gasteiger charge is -2.29. The zero-order valence-electron chi connectivity index (χ0n) is 8.36. The van der Waals surface area contributed by atoms with E-state index in [4.69, 9.17) is 0 Å². The van der Waals surface area contributed by atoms with Gasteiger partial charge >= 0.3 is 0 Å². The number of fused-ring (bicyclic) bond motifs is 1. The maximum absolute atomic E-state index is 4.51. The van der Waals surface area contributed by atoms with Crippen molar-refractivity contribution in [3.8, 4) is 0 Å². The molecule has 13 heavy (non-hydrogen) atoms. The zero-order chi connectivity index (χ0) is 9.47. The van der Waals surface area contributed by atoms with Crippen LogP contribution in [-0.2, 0) is 6.54 Å². The van der Waals surface area contributed by atoms with Crippen LogP contribution in [0, 0.1) is 5.41 Å². The van der Waals surface area contributed by atoms with Crippen LogP contribution in [0.4, 0.5) is 0 Å². The van der Waals surface area contributed by atoms with Gasteiger partial charge in [-0.3, -0.25) is 4.99 Å². The first kappa shape index (κ1) is 8.48. The van der Waals surface area contributed by atoms with Gasteiger partial charge in [-0.25, -0.2) is 4.98 Å². The normalized spacial score (nSPS) is 21.6. The molecule has 0 radical (unpaired) electrons. The topological polar surface area (TPSA) is 30.2 Å². The van der Waals surface area contributed by atoms with Crippen LogP contribution < -0.4 is 0 Å². The largest absolute Gasteiger partial charge is 0.328 e. The van der Waals surface area contributed by atoms with Gasteiger partial charge in [-0.2, -0.15) is 0 Å². The Morgan fingerprint density at radius 3 is 2.92 bits per heavy atom. The second kappa shape index (κ2) is 2.69. The van der Waals surface area contributed by atoms with E-state index in [1.54, 1.807) is 0 Å². The fraction of sp³-hybridized carbons (Fsp3) is 0.600. The monoisotopic (exact) mass is 177 g/mol. The number of imidazole rings is 1. The molecule has 70 valence electrons. The Bertz CT molecular complexity index is 330. The van der Waals surface area contributed by atoms with Crippen molar-refractivity contribution < 1.29 is 0 Å². The number of rotatable bonds is 0. The van der Waals surface area contributed by atoms with Crippen molar-refractivity contribution in [2.45, 2.75) is 33.4 Å². The Balaban J connectivity index is 2.26. The summed E-state index contributed by atoms with van der Waals surface area (Å²) in [4.78, 5) is 8.69. The first-order valence-electron chi connectivity index (χ1n) is 4.62. The zero-order valence-corrected chi connectivity index (χ0v) is 8.36. The lowest BCUT2D eigenvalue weighted by molar-refractivity contribution is 0.289. The first-order chi connectivity index (χ1) is 6.07. The molecular formula is C10H15N3. The molecule has 1 atom stereocenters. The molecule has 0 bridgehead atoms. The number of nitrogens with zero attached hydrogens (tertiary/aromatic N) is 3. The van der Waals surface area contributed by atoms with E-state index in [2.05, 4.69) is 35.3 Å². The van der Waals surface area contributed by atoms with Crippen LogP contribution in [0.5, 0.6) is 0 Å². The molecule has 0 saturated heterocycles. The molecule has 1 unspecified atom stereocenters. The predicted octanol–water partition coefficient (Wildman–Crippen LogP) is 1.73. The SMILES string of the molecule is CC(C)(C)C1Cn2ccnc2C=N1. The van der Waals surface area contributed by atoms with Crippen LogP contribution in [0.15, 0.2) is 17.4 Å². The maximum Gasteiger partial charge on any atom is 0.150 e. The van der Waals surface area contributed by atoms with Crippen molar-refractivity contribution in [2.75, 3.05) is 0 Å². The molecule has 1 aromatic rings. The van der Waals surface area contributed by atoms with E-state index in [9.17, 15) is 0 Å². The minimum atomic E-state index is 0.235. The average Bonchev–Trinajstić information content (AvgIpc) is 2.47. The van der Waals surface area contributed by atoms with Crippen LogP contribution in [0.3, 0.4) is 0 Å². The van der Waals surface area contributed by atoms with Gasteiger partial charge in [0.05, 0.1) is 12.3 Å². The van der Waals surface area contributed by atoms with Gasteiger partial charge in [0.25, 0.3) is 0 Å². The first-order valence-corrected chi connectivity index (χ1v) is 4.62. The highest BCUT2D eigenvalue weighted by molar-refractivity contribution is 5.75. The van der Waals surface area contributed by atoms with Gasteiger partial charge < -0.3 is 4.57 Å². The van der Waals surface area contributed by atoms with Crippen LogP contribution in [0.25, 0.3) is 0 Å². The van der Waals surface area contributed by atoms with Crippen molar-refractivity contribution >= 4 is 6.21 Å².